The van der Waals surface area contributed by atoms with Crippen LogP contribution in [0.1, 0.15) is 29.7 Å². The SMILES string of the molecule is CCNC(c1cccc(C)c1)c1cccc(Cl)c1Cl. The number of aryl methyl sites for hydroxylation is 1. The van der Waals surface area contributed by atoms with Gasteiger partial charge in [-0.1, -0.05) is 72.1 Å². The van der Waals surface area contributed by atoms with E-state index < -0.39 is 0 Å². The van der Waals surface area contributed by atoms with Gasteiger partial charge in [-0.25, -0.2) is 0 Å². The maximum Gasteiger partial charge on any atom is 0.0643 e. The molecule has 0 aliphatic carbocycles. The summed E-state index contributed by atoms with van der Waals surface area (Å²) in [5.74, 6) is 0. The van der Waals surface area contributed by atoms with Crippen LogP contribution in [-0.2, 0) is 0 Å². The fraction of sp³-hybridized carbons (Fsp3) is 0.250. The normalized spacial score (nSPS) is 12.4. The molecule has 0 radical (unpaired) electrons. The number of rotatable bonds is 4. The van der Waals surface area contributed by atoms with Crippen LogP contribution >= 0.6 is 23.2 Å². The summed E-state index contributed by atoms with van der Waals surface area (Å²) in [7, 11) is 0. The van der Waals surface area contributed by atoms with Gasteiger partial charge in [-0.3, -0.25) is 0 Å². The number of hydrogen-bond donors (Lipinski definition) is 1. The average molecular weight is 294 g/mol. The Hall–Kier alpha value is -1.02. The molecule has 0 amide bonds. The number of hydrogen-bond acceptors (Lipinski definition) is 1. The maximum absolute atomic E-state index is 6.34. The van der Waals surface area contributed by atoms with Gasteiger partial charge in [-0.15, -0.1) is 0 Å². The first-order valence-electron chi connectivity index (χ1n) is 6.37. The molecular weight excluding hydrogens is 277 g/mol. The van der Waals surface area contributed by atoms with Crippen LogP contribution in [0.4, 0.5) is 0 Å². The fourth-order valence-corrected chi connectivity index (χ4v) is 2.62. The van der Waals surface area contributed by atoms with E-state index in [9.17, 15) is 0 Å². The first-order valence-corrected chi connectivity index (χ1v) is 7.13. The summed E-state index contributed by atoms with van der Waals surface area (Å²) in [6.45, 7) is 5.04. The summed E-state index contributed by atoms with van der Waals surface area (Å²) in [5, 5.41) is 4.68. The van der Waals surface area contributed by atoms with Crippen molar-refractivity contribution in [2.45, 2.75) is 19.9 Å². The molecule has 0 spiro atoms. The smallest absolute Gasteiger partial charge is 0.0643 e. The third-order valence-electron chi connectivity index (χ3n) is 3.08. The van der Waals surface area contributed by atoms with Gasteiger partial charge in [0.05, 0.1) is 16.1 Å². The molecule has 0 aromatic heterocycles. The van der Waals surface area contributed by atoms with Crippen molar-refractivity contribution in [1.29, 1.82) is 0 Å². The first kappa shape index (κ1) is 14.4. The highest BCUT2D eigenvalue weighted by atomic mass is 35.5. The Kier molecular flexibility index (Phi) is 4.87. The van der Waals surface area contributed by atoms with Crippen LogP contribution in [0.15, 0.2) is 42.5 Å². The van der Waals surface area contributed by atoms with Gasteiger partial charge >= 0.3 is 0 Å². The summed E-state index contributed by atoms with van der Waals surface area (Å²) in [6.07, 6.45) is 0. The second-order valence-corrected chi connectivity index (χ2v) is 5.33. The number of halogens is 2. The first-order chi connectivity index (χ1) is 9.13. The van der Waals surface area contributed by atoms with Gasteiger partial charge in [0.2, 0.25) is 0 Å². The maximum atomic E-state index is 6.34. The van der Waals surface area contributed by atoms with Gasteiger partial charge < -0.3 is 5.32 Å². The molecule has 0 fully saturated rings. The van der Waals surface area contributed by atoms with Crippen molar-refractivity contribution in [3.63, 3.8) is 0 Å². The molecule has 3 heteroatoms. The lowest BCUT2D eigenvalue weighted by Gasteiger charge is -2.21. The van der Waals surface area contributed by atoms with E-state index in [4.69, 9.17) is 23.2 Å². The fourth-order valence-electron chi connectivity index (χ4n) is 2.20. The van der Waals surface area contributed by atoms with Crippen molar-refractivity contribution in [3.05, 3.63) is 69.2 Å². The van der Waals surface area contributed by atoms with Gasteiger partial charge in [0, 0.05) is 0 Å². The zero-order valence-electron chi connectivity index (χ0n) is 11.1. The minimum Gasteiger partial charge on any atom is -0.306 e. The third-order valence-corrected chi connectivity index (χ3v) is 3.91. The van der Waals surface area contributed by atoms with E-state index in [-0.39, 0.29) is 6.04 Å². The topological polar surface area (TPSA) is 12.0 Å². The molecule has 0 heterocycles. The monoisotopic (exact) mass is 293 g/mol. The molecule has 2 aromatic rings. The summed E-state index contributed by atoms with van der Waals surface area (Å²) >= 11 is 12.5. The minimum atomic E-state index is 0.0658. The molecular formula is C16H17Cl2N. The summed E-state index contributed by atoms with van der Waals surface area (Å²) in [5.41, 5.74) is 3.45. The second-order valence-electron chi connectivity index (χ2n) is 4.55. The van der Waals surface area contributed by atoms with Crippen molar-refractivity contribution >= 4 is 23.2 Å². The van der Waals surface area contributed by atoms with E-state index in [2.05, 4.69) is 43.4 Å². The van der Waals surface area contributed by atoms with E-state index in [1.807, 2.05) is 18.2 Å². The quantitative estimate of drug-likeness (QED) is 0.836. The van der Waals surface area contributed by atoms with E-state index in [1.165, 1.54) is 11.1 Å². The summed E-state index contributed by atoms with van der Waals surface area (Å²) in [6, 6.07) is 14.3. The Morgan fingerprint density at radius 2 is 1.84 bits per heavy atom. The Labute approximate surface area is 124 Å². The molecule has 2 rings (SSSR count). The van der Waals surface area contributed by atoms with Gasteiger partial charge in [-0.2, -0.15) is 0 Å². The lowest BCUT2D eigenvalue weighted by atomic mass is 9.97. The van der Waals surface area contributed by atoms with Crippen LogP contribution in [0.2, 0.25) is 10.0 Å². The Bertz CT molecular complexity index is 566. The Morgan fingerprint density at radius 1 is 1.11 bits per heavy atom. The molecule has 2 aromatic carbocycles. The highest BCUT2D eigenvalue weighted by molar-refractivity contribution is 6.42. The number of benzene rings is 2. The summed E-state index contributed by atoms with van der Waals surface area (Å²) in [4.78, 5) is 0. The minimum absolute atomic E-state index is 0.0658. The van der Waals surface area contributed by atoms with Crippen LogP contribution < -0.4 is 5.32 Å². The lowest BCUT2D eigenvalue weighted by molar-refractivity contribution is 0.630. The molecule has 0 aliphatic heterocycles. The van der Waals surface area contributed by atoms with E-state index in [0.29, 0.717) is 10.0 Å². The van der Waals surface area contributed by atoms with Crippen molar-refractivity contribution < 1.29 is 0 Å². The van der Waals surface area contributed by atoms with Crippen molar-refractivity contribution in [3.8, 4) is 0 Å². The van der Waals surface area contributed by atoms with E-state index in [1.54, 1.807) is 0 Å². The molecule has 0 saturated carbocycles. The largest absolute Gasteiger partial charge is 0.306 e. The third kappa shape index (κ3) is 3.30. The van der Waals surface area contributed by atoms with E-state index >= 15 is 0 Å². The Morgan fingerprint density at radius 3 is 2.53 bits per heavy atom. The molecule has 1 atom stereocenters. The van der Waals surface area contributed by atoms with Crippen molar-refractivity contribution in [2.24, 2.45) is 0 Å². The molecule has 19 heavy (non-hydrogen) atoms. The van der Waals surface area contributed by atoms with Gasteiger partial charge in [0.15, 0.2) is 0 Å². The second kappa shape index (κ2) is 6.42. The van der Waals surface area contributed by atoms with Crippen LogP contribution in [0, 0.1) is 6.92 Å². The van der Waals surface area contributed by atoms with Gasteiger partial charge in [0.25, 0.3) is 0 Å². The summed E-state index contributed by atoms with van der Waals surface area (Å²) < 4.78 is 0. The molecule has 1 nitrogen and oxygen atoms in total. The predicted octanol–water partition coefficient (Wildman–Crippen LogP) is 5.00. The van der Waals surface area contributed by atoms with Crippen LogP contribution in [0.3, 0.4) is 0 Å². The highest BCUT2D eigenvalue weighted by Gasteiger charge is 2.17. The molecule has 100 valence electrons. The standard InChI is InChI=1S/C16H17Cl2N/c1-3-19-16(12-7-4-6-11(2)10-12)13-8-5-9-14(17)15(13)18/h4-10,16,19H,3H2,1-2H3. The molecule has 1 N–H and O–H groups in total. The highest BCUT2D eigenvalue weighted by Crippen LogP contribution is 2.33. The van der Waals surface area contributed by atoms with Crippen LogP contribution in [0.5, 0.6) is 0 Å². The zero-order valence-corrected chi connectivity index (χ0v) is 12.6. The van der Waals surface area contributed by atoms with Crippen LogP contribution in [0.25, 0.3) is 0 Å². The van der Waals surface area contributed by atoms with Gasteiger partial charge in [0.1, 0.15) is 0 Å². The number of nitrogens with one attached hydrogen (secondary N) is 1. The average Bonchev–Trinajstić information content (AvgIpc) is 2.40. The van der Waals surface area contributed by atoms with Crippen molar-refractivity contribution in [2.75, 3.05) is 6.54 Å². The van der Waals surface area contributed by atoms with Crippen LogP contribution in [-0.4, -0.2) is 6.54 Å². The predicted molar refractivity (Wildman–Crippen MR) is 83.2 cm³/mol. The lowest BCUT2D eigenvalue weighted by Crippen LogP contribution is -2.22. The van der Waals surface area contributed by atoms with Crippen molar-refractivity contribution in [1.82, 2.24) is 5.32 Å². The molecule has 0 bridgehead atoms. The molecule has 0 aliphatic rings. The Balaban J connectivity index is 2.48. The molecule has 0 saturated heterocycles. The van der Waals surface area contributed by atoms with E-state index in [0.717, 1.165) is 12.1 Å². The zero-order chi connectivity index (χ0) is 13.8. The van der Waals surface area contributed by atoms with Gasteiger partial charge in [-0.05, 0) is 30.7 Å². The molecule has 1 unspecified atom stereocenters.